The molecule has 2 aromatic carbocycles. The molecule has 1 saturated carbocycles. The Labute approximate surface area is 152 Å². The maximum Gasteiger partial charge on any atom is 0.127 e. The van der Waals surface area contributed by atoms with Crippen LogP contribution in [0, 0.1) is 12.8 Å². The molecule has 2 atom stereocenters. The van der Waals surface area contributed by atoms with Crippen molar-refractivity contribution in [1.82, 2.24) is 5.32 Å². The standard InChI is InChI=1S/C23H31NO/c1-17-5-11-21(12-6-17)25-22-13-8-18(9-14-22)15-19-7-10-20(16-19)24-23(2,3)4/h5-6,8-9,11-14,19-20,24H,7,10,15-16H2,1-4H3/t19-,20+/m1/s1. The Morgan fingerprint density at radius 3 is 2.12 bits per heavy atom. The van der Waals surface area contributed by atoms with Gasteiger partial charge >= 0.3 is 0 Å². The van der Waals surface area contributed by atoms with Crippen molar-refractivity contribution in [2.45, 2.75) is 65.0 Å². The van der Waals surface area contributed by atoms with Crippen LogP contribution >= 0.6 is 0 Å². The Bertz CT molecular complexity index is 667. The number of ether oxygens (including phenoxy) is 1. The fraction of sp³-hybridized carbons (Fsp3) is 0.478. The molecule has 1 aliphatic carbocycles. The van der Waals surface area contributed by atoms with Crippen molar-refractivity contribution in [2.24, 2.45) is 5.92 Å². The number of benzene rings is 2. The molecule has 2 nitrogen and oxygen atoms in total. The van der Waals surface area contributed by atoms with E-state index in [1.807, 2.05) is 12.1 Å². The SMILES string of the molecule is Cc1ccc(Oc2ccc(C[C@H]3CC[C@H](NC(C)(C)C)C3)cc2)cc1. The first-order valence-corrected chi connectivity index (χ1v) is 9.48. The van der Waals surface area contributed by atoms with Crippen LogP contribution < -0.4 is 10.1 Å². The van der Waals surface area contributed by atoms with E-state index in [-0.39, 0.29) is 5.54 Å². The highest BCUT2D eigenvalue weighted by molar-refractivity contribution is 5.34. The van der Waals surface area contributed by atoms with E-state index < -0.39 is 0 Å². The van der Waals surface area contributed by atoms with Crippen molar-refractivity contribution in [2.75, 3.05) is 0 Å². The zero-order valence-corrected chi connectivity index (χ0v) is 16.0. The smallest absolute Gasteiger partial charge is 0.127 e. The lowest BCUT2D eigenvalue weighted by Gasteiger charge is -2.26. The average Bonchev–Trinajstić information content (AvgIpc) is 2.96. The molecule has 0 spiro atoms. The summed E-state index contributed by atoms with van der Waals surface area (Å²) in [6, 6.07) is 17.5. The van der Waals surface area contributed by atoms with Crippen LogP contribution in [0.4, 0.5) is 0 Å². The minimum atomic E-state index is 0.217. The van der Waals surface area contributed by atoms with E-state index in [1.165, 1.54) is 36.8 Å². The Kier molecular flexibility index (Phi) is 5.48. The molecule has 0 amide bonds. The molecule has 134 valence electrons. The molecule has 1 N–H and O–H groups in total. The molecule has 3 rings (SSSR count). The van der Waals surface area contributed by atoms with Crippen LogP contribution in [0.25, 0.3) is 0 Å². The van der Waals surface area contributed by atoms with Crippen molar-refractivity contribution >= 4 is 0 Å². The summed E-state index contributed by atoms with van der Waals surface area (Å²) in [5.74, 6) is 2.60. The summed E-state index contributed by atoms with van der Waals surface area (Å²) in [5.41, 5.74) is 2.88. The van der Waals surface area contributed by atoms with Gasteiger partial charge in [0, 0.05) is 11.6 Å². The van der Waals surface area contributed by atoms with Crippen molar-refractivity contribution in [3.8, 4) is 11.5 Å². The molecule has 0 bridgehead atoms. The minimum Gasteiger partial charge on any atom is -0.457 e. The lowest BCUT2D eigenvalue weighted by molar-refractivity contribution is 0.354. The van der Waals surface area contributed by atoms with Crippen LogP contribution in [0.3, 0.4) is 0 Å². The minimum absolute atomic E-state index is 0.217. The fourth-order valence-electron chi connectivity index (χ4n) is 3.77. The third-order valence-electron chi connectivity index (χ3n) is 4.88. The molecule has 0 radical (unpaired) electrons. The first-order valence-electron chi connectivity index (χ1n) is 9.48. The molecule has 25 heavy (non-hydrogen) atoms. The van der Waals surface area contributed by atoms with Gasteiger partial charge in [-0.1, -0.05) is 29.8 Å². The van der Waals surface area contributed by atoms with Crippen molar-refractivity contribution in [3.63, 3.8) is 0 Å². The number of hydrogen-bond donors (Lipinski definition) is 1. The highest BCUT2D eigenvalue weighted by Gasteiger charge is 2.27. The quantitative estimate of drug-likeness (QED) is 0.735. The summed E-state index contributed by atoms with van der Waals surface area (Å²) in [7, 11) is 0. The zero-order chi connectivity index (χ0) is 17.9. The molecule has 0 saturated heterocycles. The number of nitrogens with one attached hydrogen (secondary N) is 1. The van der Waals surface area contributed by atoms with E-state index in [0.29, 0.717) is 6.04 Å². The van der Waals surface area contributed by atoms with Gasteiger partial charge in [-0.15, -0.1) is 0 Å². The third-order valence-corrected chi connectivity index (χ3v) is 4.88. The number of aryl methyl sites for hydroxylation is 1. The van der Waals surface area contributed by atoms with Crippen LogP contribution in [-0.4, -0.2) is 11.6 Å². The van der Waals surface area contributed by atoms with Gasteiger partial charge in [0.1, 0.15) is 11.5 Å². The normalized spacial score (nSPS) is 20.6. The van der Waals surface area contributed by atoms with E-state index in [1.54, 1.807) is 0 Å². The highest BCUT2D eigenvalue weighted by Crippen LogP contribution is 2.30. The summed E-state index contributed by atoms with van der Waals surface area (Å²) in [6.07, 6.45) is 5.10. The first-order chi connectivity index (χ1) is 11.9. The van der Waals surface area contributed by atoms with Gasteiger partial charge in [-0.25, -0.2) is 0 Å². The molecular weight excluding hydrogens is 306 g/mol. The predicted octanol–water partition coefficient (Wildman–Crippen LogP) is 5.89. The van der Waals surface area contributed by atoms with Crippen LogP contribution in [0.2, 0.25) is 0 Å². The van der Waals surface area contributed by atoms with Gasteiger partial charge in [-0.05, 0) is 89.1 Å². The molecule has 1 fully saturated rings. The summed E-state index contributed by atoms with van der Waals surface area (Å²) >= 11 is 0. The van der Waals surface area contributed by atoms with E-state index in [9.17, 15) is 0 Å². The summed E-state index contributed by atoms with van der Waals surface area (Å²) < 4.78 is 5.92. The van der Waals surface area contributed by atoms with Gasteiger partial charge in [0.05, 0.1) is 0 Å². The van der Waals surface area contributed by atoms with E-state index >= 15 is 0 Å². The highest BCUT2D eigenvalue weighted by atomic mass is 16.5. The molecule has 1 aliphatic rings. The molecule has 0 unspecified atom stereocenters. The van der Waals surface area contributed by atoms with Crippen molar-refractivity contribution in [3.05, 3.63) is 59.7 Å². The predicted molar refractivity (Wildman–Crippen MR) is 105 cm³/mol. The van der Waals surface area contributed by atoms with Crippen LogP contribution in [0.1, 0.15) is 51.2 Å². The van der Waals surface area contributed by atoms with E-state index in [0.717, 1.165) is 17.4 Å². The molecule has 0 aromatic heterocycles. The summed E-state index contributed by atoms with van der Waals surface area (Å²) in [6.45, 7) is 8.86. The Morgan fingerprint density at radius 2 is 1.52 bits per heavy atom. The fourth-order valence-corrected chi connectivity index (χ4v) is 3.77. The lowest BCUT2D eigenvalue weighted by Crippen LogP contribution is -2.42. The second-order valence-corrected chi connectivity index (χ2v) is 8.53. The maximum absolute atomic E-state index is 5.92. The van der Waals surface area contributed by atoms with Crippen LogP contribution in [-0.2, 0) is 6.42 Å². The van der Waals surface area contributed by atoms with E-state index in [4.69, 9.17) is 4.74 Å². The second-order valence-electron chi connectivity index (χ2n) is 8.53. The second kappa shape index (κ2) is 7.61. The van der Waals surface area contributed by atoms with Gasteiger partial charge in [-0.2, -0.15) is 0 Å². The topological polar surface area (TPSA) is 21.3 Å². The first kappa shape index (κ1) is 18.0. The largest absolute Gasteiger partial charge is 0.457 e. The maximum atomic E-state index is 5.92. The number of rotatable bonds is 5. The Balaban J connectivity index is 1.52. The van der Waals surface area contributed by atoms with Gasteiger partial charge in [-0.3, -0.25) is 0 Å². The van der Waals surface area contributed by atoms with Crippen molar-refractivity contribution in [1.29, 1.82) is 0 Å². The molecule has 2 aromatic rings. The Morgan fingerprint density at radius 1 is 0.920 bits per heavy atom. The van der Waals surface area contributed by atoms with Gasteiger partial charge in [0.15, 0.2) is 0 Å². The molecular formula is C23H31NO. The molecule has 2 heteroatoms. The van der Waals surface area contributed by atoms with Crippen LogP contribution in [0.15, 0.2) is 48.5 Å². The van der Waals surface area contributed by atoms with Gasteiger partial charge < -0.3 is 10.1 Å². The summed E-state index contributed by atoms with van der Waals surface area (Å²) in [5, 5.41) is 3.75. The zero-order valence-electron chi connectivity index (χ0n) is 16.0. The van der Waals surface area contributed by atoms with Gasteiger partial charge in [0.2, 0.25) is 0 Å². The summed E-state index contributed by atoms with van der Waals surface area (Å²) in [4.78, 5) is 0. The van der Waals surface area contributed by atoms with Gasteiger partial charge in [0.25, 0.3) is 0 Å². The average molecular weight is 338 g/mol. The Hall–Kier alpha value is -1.80. The third kappa shape index (κ3) is 5.61. The van der Waals surface area contributed by atoms with E-state index in [2.05, 4.69) is 69.4 Å². The number of hydrogen-bond acceptors (Lipinski definition) is 2. The lowest BCUT2D eigenvalue weighted by atomic mass is 9.97. The van der Waals surface area contributed by atoms with Crippen molar-refractivity contribution < 1.29 is 4.74 Å². The molecule has 0 heterocycles. The molecule has 0 aliphatic heterocycles. The van der Waals surface area contributed by atoms with Crippen LogP contribution in [0.5, 0.6) is 11.5 Å². The monoisotopic (exact) mass is 337 g/mol.